The zero-order valence-corrected chi connectivity index (χ0v) is 43.5. The number of amides is 4. The van der Waals surface area contributed by atoms with Gasteiger partial charge in [-0.25, -0.2) is 4.79 Å². The van der Waals surface area contributed by atoms with Crippen LogP contribution in [0.25, 0.3) is 0 Å². The Morgan fingerprint density at radius 3 is 2.19 bits per heavy atom. The molecule has 4 bridgehead atoms. The standard InChI is InChI=1S/C52H72N6O16.ClH/c1-5-6-7-8-9-10-11-12-16-19-41(60)56-43-45(62)44(61)40(28-59)74-52(43)73-39-27-32-26-38(47(39)71-4)72-37-21-20-31(25-36(37)58(69)70)24-35(54-48(64)33(53)22-29(2)3)49(65)55-34(23-30-17-14-13-15-18-30)50(66)57-42(32)46(63)51(67)68;/h13-15,17-18,20-21,25-27,29,33-35,40,42-46,52,59,61-63H,5-12,16,19,22-24,28,53H2,1-4H3,(H,54,64)(H,55,65)(H,56,60)(H,57,66)(H,67,68);1H/t33-,34+,35-,40-,42-,43-,44-,45-,46-,52-;/m1./s1. The van der Waals surface area contributed by atoms with E-state index in [1.807, 2.05) is 13.8 Å². The highest BCUT2D eigenvalue weighted by Crippen LogP contribution is 2.45. The maximum Gasteiger partial charge on any atom is 0.335 e. The van der Waals surface area contributed by atoms with Gasteiger partial charge in [0.15, 0.2) is 17.6 Å². The summed E-state index contributed by atoms with van der Waals surface area (Å²) in [5, 5.41) is 77.5. The molecule has 0 spiro atoms. The summed E-state index contributed by atoms with van der Waals surface area (Å²) in [6.07, 6.45) is -0.450. The average molecular weight is 1070 g/mol. The van der Waals surface area contributed by atoms with Gasteiger partial charge >= 0.3 is 11.7 Å². The Kier molecular flexibility index (Phi) is 24.4. The van der Waals surface area contributed by atoms with Crippen molar-refractivity contribution in [1.82, 2.24) is 21.3 Å². The average Bonchev–Trinajstić information content (AvgIpc) is 3.36. The topological polar surface area (TPSA) is 341 Å². The van der Waals surface area contributed by atoms with Gasteiger partial charge in [-0.2, -0.15) is 0 Å². The lowest BCUT2D eigenvalue weighted by atomic mass is 9.96. The number of benzene rings is 3. The van der Waals surface area contributed by atoms with Crippen molar-refractivity contribution in [2.75, 3.05) is 13.7 Å². The number of carboxylic acid groups (broad SMARTS) is 1. The third kappa shape index (κ3) is 17.5. The minimum Gasteiger partial charge on any atom is -0.490 e. The van der Waals surface area contributed by atoms with Crippen molar-refractivity contribution in [1.29, 1.82) is 0 Å². The van der Waals surface area contributed by atoms with Gasteiger partial charge in [0, 0.05) is 25.3 Å². The number of nitrogens with two attached hydrogens (primary N) is 1. The van der Waals surface area contributed by atoms with Gasteiger partial charge in [0.25, 0.3) is 0 Å². The van der Waals surface area contributed by atoms with Gasteiger partial charge in [0.1, 0.15) is 36.4 Å². The predicted octanol–water partition coefficient (Wildman–Crippen LogP) is 3.79. The molecule has 0 aromatic heterocycles. The number of aliphatic hydroxyl groups is 4. The van der Waals surface area contributed by atoms with Crippen molar-refractivity contribution in [3.8, 4) is 23.0 Å². The highest BCUT2D eigenvalue weighted by atomic mass is 35.5. The molecule has 414 valence electrons. The van der Waals surface area contributed by atoms with Gasteiger partial charge in [-0.3, -0.25) is 29.3 Å². The molecule has 75 heavy (non-hydrogen) atoms. The second kappa shape index (κ2) is 29.8. The minimum atomic E-state index is -2.45. The fraction of sp³-hybridized carbons (Fsp3) is 0.558. The van der Waals surface area contributed by atoms with E-state index in [2.05, 4.69) is 28.2 Å². The van der Waals surface area contributed by atoms with Crippen molar-refractivity contribution in [3.63, 3.8) is 0 Å². The molecule has 3 aliphatic heterocycles. The summed E-state index contributed by atoms with van der Waals surface area (Å²) >= 11 is 0. The van der Waals surface area contributed by atoms with E-state index in [4.69, 9.17) is 24.7 Å². The van der Waals surface area contributed by atoms with Crippen LogP contribution < -0.4 is 41.2 Å². The summed E-state index contributed by atoms with van der Waals surface area (Å²) in [5.41, 5.74) is 5.98. The fourth-order valence-electron chi connectivity index (χ4n) is 8.91. The molecule has 4 amide bonds. The van der Waals surface area contributed by atoms with E-state index >= 15 is 0 Å². The summed E-state index contributed by atoms with van der Waals surface area (Å²) in [6, 6.07) is 6.91. The van der Waals surface area contributed by atoms with Crippen LogP contribution in [-0.2, 0) is 41.6 Å². The van der Waals surface area contributed by atoms with Crippen molar-refractivity contribution in [2.24, 2.45) is 11.7 Å². The molecule has 1 saturated heterocycles. The first-order valence-electron chi connectivity index (χ1n) is 25.2. The van der Waals surface area contributed by atoms with Crippen LogP contribution in [0.2, 0.25) is 0 Å². The molecule has 1 fully saturated rings. The Morgan fingerprint density at radius 2 is 1.57 bits per heavy atom. The lowest BCUT2D eigenvalue weighted by molar-refractivity contribution is -0.385. The van der Waals surface area contributed by atoms with E-state index in [1.165, 1.54) is 32.1 Å². The molecule has 0 unspecified atom stereocenters. The highest BCUT2D eigenvalue weighted by molar-refractivity contribution is 5.94. The molecule has 3 heterocycles. The Bertz CT molecular complexity index is 2380. The molecule has 6 rings (SSSR count). The lowest BCUT2D eigenvalue weighted by Crippen LogP contribution is -2.65. The van der Waals surface area contributed by atoms with Crippen LogP contribution in [0, 0.1) is 16.0 Å². The first-order chi connectivity index (χ1) is 35.3. The number of halogens is 1. The van der Waals surface area contributed by atoms with Gasteiger partial charge in [-0.1, -0.05) is 109 Å². The number of rotatable bonds is 24. The van der Waals surface area contributed by atoms with Crippen molar-refractivity contribution in [2.45, 2.75) is 165 Å². The molecule has 10 atom stereocenters. The fourth-order valence-corrected chi connectivity index (χ4v) is 8.91. The number of nitro benzene ring substituents is 1. The molecular formula is C52H73ClN6O16. The first-order valence-corrected chi connectivity index (χ1v) is 25.2. The van der Waals surface area contributed by atoms with E-state index in [9.17, 15) is 59.6 Å². The smallest absolute Gasteiger partial charge is 0.335 e. The Hall–Kier alpha value is -6.14. The number of ether oxygens (including phenoxy) is 4. The maximum absolute atomic E-state index is 14.6. The second-order valence-electron chi connectivity index (χ2n) is 19.2. The molecule has 3 aromatic rings. The van der Waals surface area contributed by atoms with Crippen LogP contribution >= 0.6 is 12.4 Å². The van der Waals surface area contributed by atoms with Crippen LogP contribution in [0.15, 0.2) is 60.7 Å². The Morgan fingerprint density at radius 1 is 0.907 bits per heavy atom. The number of carbonyl (C=O) groups excluding carboxylic acids is 4. The number of nitrogens with zero attached hydrogens (tertiary/aromatic N) is 1. The monoisotopic (exact) mass is 1070 g/mol. The zero-order chi connectivity index (χ0) is 54.1. The van der Waals surface area contributed by atoms with Crippen molar-refractivity contribution >= 4 is 47.7 Å². The molecule has 0 aliphatic carbocycles. The molecular weight excluding hydrogens is 1000 g/mol. The normalized spacial score (nSPS) is 22.6. The van der Waals surface area contributed by atoms with Crippen LogP contribution in [-0.4, -0.2) is 129 Å². The van der Waals surface area contributed by atoms with Crippen LogP contribution in [0.5, 0.6) is 23.0 Å². The molecule has 3 aliphatic rings. The van der Waals surface area contributed by atoms with Crippen LogP contribution in [0.4, 0.5) is 5.69 Å². The number of carbonyl (C=O) groups is 5. The van der Waals surface area contributed by atoms with Gasteiger partial charge < -0.3 is 71.5 Å². The molecule has 3 aromatic carbocycles. The van der Waals surface area contributed by atoms with Gasteiger partial charge in [-0.15, -0.1) is 12.4 Å². The minimum absolute atomic E-state index is 0. The maximum atomic E-state index is 14.6. The number of fused-ring (bicyclic) bond motifs is 9. The number of hydrogen-bond donors (Lipinski definition) is 10. The van der Waals surface area contributed by atoms with Gasteiger partial charge in [0.05, 0.1) is 30.7 Å². The van der Waals surface area contributed by atoms with E-state index in [0.29, 0.717) is 12.0 Å². The van der Waals surface area contributed by atoms with E-state index in [0.717, 1.165) is 56.7 Å². The largest absolute Gasteiger partial charge is 0.490 e. The number of aliphatic hydroxyl groups excluding tert-OH is 4. The SMILES string of the molecule is CCCCCCCCCCCC(=O)N[C@H]1[C@H](Oc2cc3cc(c2OC)Oc2ccc(cc2[N+](=O)[O-])C[C@@H](NC(=O)[C@H](N)CC(C)C)C(=O)N[C@@H](Cc2ccccc2)C(=O)N[C@H]3[C@@H](O)C(=O)O)O[C@H](CO)[C@@H](O)[C@@H]1O.Cl. The van der Waals surface area contributed by atoms with Gasteiger partial charge in [-0.05, 0) is 53.6 Å². The van der Waals surface area contributed by atoms with E-state index in [-0.39, 0.29) is 60.9 Å². The molecule has 11 N–H and O–H groups in total. The molecule has 0 radical (unpaired) electrons. The van der Waals surface area contributed by atoms with Crippen LogP contribution in [0.3, 0.4) is 0 Å². The summed E-state index contributed by atoms with van der Waals surface area (Å²) in [5.74, 6) is -6.54. The predicted molar refractivity (Wildman–Crippen MR) is 275 cm³/mol. The second-order valence-corrected chi connectivity index (χ2v) is 19.2. The Balaban J connectivity index is 0.0000122. The number of carboxylic acids is 1. The molecule has 22 nitrogen and oxygen atoms in total. The zero-order valence-electron chi connectivity index (χ0n) is 42.7. The van der Waals surface area contributed by atoms with Gasteiger partial charge in [0.2, 0.25) is 41.4 Å². The number of hydrogen-bond acceptors (Lipinski definition) is 16. The third-order valence-electron chi connectivity index (χ3n) is 12.9. The number of aliphatic carboxylic acids is 1. The number of nitro groups is 1. The number of unbranched alkanes of at least 4 members (excludes halogenated alkanes) is 8. The summed E-state index contributed by atoms with van der Waals surface area (Å²) < 4.78 is 24.2. The summed E-state index contributed by atoms with van der Waals surface area (Å²) in [6.45, 7) is 5.03. The molecule has 23 heteroatoms. The lowest BCUT2D eigenvalue weighted by Gasteiger charge is -2.42. The third-order valence-corrected chi connectivity index (χ3v) is 12.9. The summed E-state index contributed by atoms with van der Waals surface area (Å²) in [7, 11) is 1.17. The van der Waals surface area contributed by atoms with Crippen molar-refractivity contribution < 1.29 is 73.4 Å². The number of methoxy groups -OCH3 is 1. The molecule has 0 saturated carbocycles. The quantitative estimate of drug-likeness (QED) is 0.0347. The summed E-state index contributed by atoms with van der Waals surface area (Å²) in [4.78, 5) is 80.6. The highest BCUT2D eigenvalue weighted by Gasteiger charge is 2.47. The van der Waals surface area contributed by atoms with E-state index < -0.39 is 125 Å². The first kappa shape index (κ1) is 61.4. The Labute approximate surface area is 442 Å². The van der Waals surface area contributed by atoms with Crippen LogP contribution in [0.1, 0.15) is 114 Å². The van der Waals surface area contributed by atoms with Crippen molar-refractivity contribution in [3.05, 3.63) is 87.5 Å². The number of nitrogens with one attached hydrogen (secondary N) is 4. The van der Waals surface area contributed by atoms with E-state index in [1.54, 1.807) is 30.3 Å².